The summed E-state index contributed by atoms with van der Waals surface area (Å²) < 4.78 is 102. The average Bonchev–Trinajstić information content (AvgIpc) is 0.725. The zero-order valence-corrected chi connectivity index (χ0v) is 92.9. The van der Waals surface area contributed by atoms with Gasteiger partial charge in [0.15, 0.2) is 0 Å². The zero-order valence-electron chi connectivity index (χ0n) is 75.8. The molecule has 0 radical (unpaired) electrons. The van der Waals surface area contributed by atoms with Gasteiger partial charge in [-0.15, -0.1) is 94.1 Å². The second kappa shape index (κ2) is 52.2. The number of benzene rings is 12. The molecule has 0 aliphatic carbocycles. The van der Waals surface area contributed by atoms with Crippen molar-refractivity contribution in [1.82, 2.24) is 0 Å². The van der Waals surface area contributed by atoms with Crippen LogP contribution in [0.5, 0.6) is 0 Å². The van der Waals surface area contributed by atoms with Crippen molar-refractivity contribution in [3.05, 3.63) is 388 Å². The van der Waals surface area contributed by atoms with Gasteiger partial charge >= 0.3 is 118 Å². The van der Waals surface area contributed by atoms with Crippen LogP contribution in [-0.4, -0.2) is 139 Å². The Hall–Kier alpha value is -4.63. The maximum absolute atomic E-state index is 10.8. The molecule has 0 bridgehead atoms. The Balaban J connectivity index is 0.000000153. The normalized spacial score (nSPS) is 17.4. The molecular formula is C103H95N4Na4O14PS10. The third kappa shape index (κ3) is 27.9. The molecule has 0 aromatic heterocycles. The Bertz CT molecular complexity index is 6270. The molecule has 12 aromatic carbocycles. The molecule has 4 saturated heterocycles. The largest absolute Gasteiger partial charge is 1.00 e. The SMILES string of the molecule is O=P([O-])([O-])OCCCOC1CSC(=C2c3ccccc3N(Cc3ccccc3)c3ccccc32)SC1.O=S(=O)([O-])CCCOC1CSC(=C2c3ccccc3N(Cc3ccccc3)c3ccccc32)SC1.O=S(=O)([O-])CCCOC1CSC(=C2c3ccccc3N(c3ccccc3)c3ccccc32)SC1.OC1CSC(=C2c3ccccc3N(c3ccccc3)c3ccccc32)SC1.[Na+].[Na+].[Na+].[Na+]. The van der Waals surface area contributed by atoms with Crippen molar-refractivity contribution in [2.45, 2.75) is 56.8 Å². The molecule has 8 aliphatic heterocycles. The van der Waals surface area contributed by atoms with Crippen molar-refractivity contribution < 1.29 is 182 Å². The third-order valence-electron chi connectivity index (χ3n) is 22.6. The number of hydrogen-bond donors (Lipinski definition) is 1. The van der Waals surface area contributed by atoms with E-state index in [4.69, 9.17) is 14.2 Å². The number of rotatable bonds is 22. The van der Waals surface area contributed by atoms with Gasteiger partial charge in [-0.05, 0) is 103 Å². The first-order valence-corrected chi connectivity index (χ1v) is 56.0. The van der Waals surface area contributed by atoms with Gasteiger partial charge in [-0.25, -0.2) is 16.8 Å². The molecule has 20 rings (SSSR count). The van der Waals surface area contributed by atoms with Crippen molar-refractivity contribution in [3.8, 4) is 0 Å². The Morgan fingerprint density at radius 1 is 0.301 bits per heavy atom. The Morgan fingerprint density at radius 2 is 0.522 bits per heavy atom. The fourth-order valence-corrected chi connectivity index (χ4v) is 28.8. The summed E-state index contributed by atoms with van der Waals surface area (Å²) in [5.74, 6) is 5.59. The molecule has 0 spiro atoms. The summed E-state index contributed by atoms with van der Waals surface area (Å²) in [4.78, 5) is 30.6. The van der Waals surface area contributed by atoms with Crippen LogP contribution in [0.15, 0.2) is 332 Å². The number of thioether (sulfide) groups is 8. The van der Waals surface area contributed by atoms with Gasteiger partial charge in [-0.1, -0.05) is 243 Å². The number of ether oxygens (including phenoxy) is 3. The minimum absolute atomic E-state index is 0. The van der Waals surface area contributed by atoms with Crippen LogP contribution in [-0.2, 0) is 56.6 Å². The van der Waals surface area contributed by atoms with Gasteiger partial charge in [-0.3, -0.25) is 0 Å². The minimum atomic E-state index is -4.91. The van der Waals surface area contributed by atoms with Gasteiger partial charge in [0.05, 0.1) is 81.8 Å². The molecule has 4 fully saturated rings. The van der Waals surface area contributed by atoms with Crippen LogP contribution in [0.2, 0.25) is 0 Å². The van der Waals surface area contributed by atoms with Crippen LogP contribution in [0.4, 0.5) is 56.9 Å². The monoisotopic (exact) mass is 2050 g/mol. The zero-order chi connectivity index (χ0) is 91.0. The molecule has 680 valence electrons. The van der Waals surface area contributed by atoms with Crippen LogP contribution in [0.1, 0.15) is 74.9 Å². The van der Waals surface area contributed by atoms with Crippen molar-refractivity contribution in [3.63, 3.8) is 0 Å². The average molecular weight is 2060 g/mol. The third-order valence-corrected chi connectivity index (χ3v) is 35.6. The van der Waals surface area contributed by atoms with E-state index in [2.05, 4.69) is 321 Å². The van der Waals surface area contributed by atoms with Crippen molar-refractivity contribution >= 4 is 201 Å². The van der Waals surface area contributed by atoms with E-state index >= 15 is 0 Å². The van der Waals surface area contributed by atoms with E-state index < -0.39 is 28.1 Å². The fraction of sp³-hybridized carbons (Fsp3) is 0.223. The summed E-state index contributed by atoms with van der Waals surface area (Å²) in [6, 6.07) is 111. The first-order chi connectivity index (χ1) is 64.3. The van der Waals surface area contributed by atoms with Gasteiger partial charge in [0.25, 0.3) is 0 Å². The molecule has 12 aromatic rings. The predicted octanol–water partition coefficient (Wildman–Crippen LogP) is 11.0. The molecule has 8 heterocycles. The molecule has 0 atom stereocenters. The van der Waals surface area contributed by atoms with E-state index in [0.29, 0.717) is 19.6 Å². The first-order valence-electron chi connectivity index (χ1n) is 43.5. The minimum Gasteiger partial charge on any atom is -0.790 e. The van der Waals surface area contributed by atoms with Crippen molar-refractivity contribution in [2.75, 3.05) is 104 Å². The second-order valence-corrected chi connectivity index (χ2v) is 45.2. The summed E-state index contributed by atoms with van der Waals surface area (Å²) in [5, 5.41) is 9.93. The molecule has 33 heteroatoms. The summed E-state index contributed by atoms with van der Waals surface area (Å²) in [7, 11) is -13.3. The number of para-hydroxylation sites is 10. The summed E-state index contributed by atoms with van der Waals surface area (Å²) >= 11 is 14.3. The van der Waals surface area contributed by atoms with Crippen molar-refractivity contribution in [1.29, 1.82) is 0 Å². The molecule has 1 N–H and O–H groups in total. The van der Waals surface area contributed by atoms with E-state index in [1.807, 2.05) is 18.2 Å². The van der Waals surface area contributed by atoms with Crippen LogP contribution in [0.3, 0.4) is 0 Å². The smallest absolute Gasteiger partial charge is 0.790 e. The van der Waals surface area contributed by atoms with E-state index in [1.165, 1.54) is 135 Å². The number of fused-ring (bicyclic) bond motifs is 8. The Kier molecular flexibility index (Phi) is 41.7. The maximum Gasteiger partial charge on any atom is 1.00 e. The van der Waals surface area contributed by atoms with E-state index in [1.54, 1.807) is 94.1 Å². The van der Waals surface area contributed by atoms with Gasteiger partial charge in [-0.2, -0.15) is 0 Å². The van der Waals surface area contributed by atoms with Crippen LogP contribution in [0, 0.1) is 0 Å². The predicted molar refractivity (Wildman–Crippen MR) is 548 cm³/mol. The van der Waals surface area contributed by atoms with Crippen LogP contribution < -0.4 is 148 Å². The number of nitrogens with zero attached hydrogens (tertiary/aromatic N) is 4. The van der Waals surface area contributed by atoms with E-state index in [-0.39, 0.29) is 180 Å². The number of phosphoric ester groups is 1. The Morgan fingerprint density at radius 3 is 0.779 bits per heavy atom. The fourth-order valence-electron chi connectivity index (χ4n) is 16.8. The molecule has 0 unspecified atom stereocenters. The molecule has 0 saturated carbocycles. The number of anilines is 10. The van der Waals surface area contributed by atoms with E-state index in [0.717, 1.165) is 76.2 Å². The van der Waals surface area contributed by atoms with Gasteiger partial charge in [0.2, 0.25) is 0 Å². The summed E-state index contributed by atoms with van der Waals surface area (Å²) in [6.45, 7) is 2.39. The van der Waals surface area contributed by atoms with Crippen LogP contribution >= 0.6 is 102 Å². The van der Waals surface area contributed by atoms with Crippen molar-refractivity contribution in [2.24, 2.45) is 0 Å². The molecule has 18 nitrogen and oxygen atoms in total. The maximum atomic E-state index is 10.8. The number of aliphatic hydroxyl groups is 1. The second-order valence-electron chi connectivity index (χ2n) is 31.8. The summed E-state index contributed by atoms with van der Waals surface area (Å²) in [6.07, 6.45) is 0.742. The Labute approximate surface area is 920 Å². The van der Waals surface area contributed by atoms with Gasteiger partial charge in [0, 0.05) is 208 Å². The molecule has 136 heavy (non-hydrogen) atoms. The number of aliphatic hydroxyl groups excluding tert-OH is 1. The van der Waals surface area contributed by atoms with Gasteiger partial charge < -0.3 is 66.9 Å². The first kappa shape index (κ1) is 109. The van der Waals surface area contributed by atoms with E-state index in [9.17, 15) is 45.4 Å². The molecule has 0 amide bonds. The number of phosphoric acid groups is 1. The number of hydrogen-bond acceptors (Lipinski definition) is 26. The van der Waals surface area contributed by atoms with Crippen LogP contribution in [0.25, 0.3) is 22.3 Å². The quantitative estimate of drug-likeness (QED) is 0.0287. The van der Waals surface area contributed by atoms with Gasteiger partial charge in [0.1, 0.15) is 0 Å². The standard InChI is InChI=1S/C27H28NO5PS2.C27H27NO4S3.C26H25NO4S3.C23H19NOS2.4Na/c29-34(30,31)33-16-8-15-32-21-18-35-27(36-19-21)26-22-11-4-6-13-24(22)28(17-20-9-2-1-3-10-20)25-14-7-5-12-23(25)26;29-35(30,31)16-8-15-32-21-18-33-27(34-19-21)26-22-11-4-6-13-24(22)28(17-20-9-2-1-3-10-20)25-14-7-5-12-23(25)26;28-34(29,30)16-8-15-31-20-17-32-26(33-18-20)25-21-11-4-6-13-23(21)27(19-9-2-1-3-10-19)24-14-7-5-12-22(24)25;25-17-14-26-23(27-15-17)22-18-10-4-6-12-20(18)24(16-8-2-1-3-9-16)21-13-7-5-11-19(21)22;;;;/h1-7,9-14,21H,8,15-19H2,(H2,29,30,31);1-7,9-14,21H,8,15-19H2,(H,29,30,31);1-7,9-14,20H,8,15-18H2,(H,28,29,30);1-13,17,25H,14-15H2;;;;/q;;;;4*+1/p-4. The molecular weight excluding hydrogens is 1960 g/mol. The summed E-state index contributed by atoms with van der Waals surface area (Å²) in [5.41, 5.74) is 29.3. The topological polar surface area (TPSA) is 248 Å². The molecule has 8 aliphatic rings.